The van der Waals surface area contributed by atoms with Crippen LogP contribution < -0.4 is 9.47 Å². The smallest absolute Gasteiger partial charge is 0.337 e. The molecule has 19 heavy (non-hydrogen) atoms. The molecule has 1 aliphatic heterocycles. The monoisotopic (exact) mass is 284 g/mol. The third-order valence-corrected chi connectivity index (χ3v) is 3.88. The molecule has 102 valence electrons. The van der Waals surface area contributed by atoms with Gasteiger partial charge in [0, 0.05) is 24.5 Å². The van der Waals surface area contributed by atoms with E-state index in [4.69, 9.17) is 26.2 Å². The Morgan fingerprint density at radius 1 is 1.26 bits per heavy atom. The average molecular weight is 285 g/mol. The molecule has 0 bridgehead atoms. The highest BCUT2D eigenvalue weighted by Crippen LogP contribution is 2.48. The molecule has 1 saturated carbocycles. The molecule has 1 spiro atoms. The Morgan fingerprint density at radius 3 is 2.42 bits per heavy atom. The van der Waals surface area contributed by atoms with Gasteiger partial charge in [-0.25, -0.2) is 4.79 Å². The van der Waals surface area contributed by atoms with Crippen molar-refractivity contribution in [1.29, 1.82) is 0 Å². The summed E-state index contributed by atoms with van der Waals surface area (Å²) in [5.74, 6) is -1.02. The van der Waals surface area contributed by atoms with Crippen molar-refractivity contribution < 1.29 is 24.5 Å². The molecule has 6 heteroatoms. The highest BCUT2D eigenvalue weighted by molar-refractivity contribution is 6.31. The van der Waals surface area contributed by atoms with Crippen molar-refractivity contribution in [1.82, 2.24) is 0 Å². The van der Waals surface area contributed by atoms with Gasteiger partial charge in [0.15, 0.2) is 17.6 Å². The molecule has 1 heterocycles. The number of aliphatic hydroxyl groups is 1. The lowest BCUT2D eigenvalue weighted by Crippen LogP contribution is -2.34. The van der Waals surface area contributed by atoms with E-state index in [0.29, 0.717) is 11.5 Å². The molecular formula is C13H13ClO5. The zero-order valence-corrected chi connectivity index (χ0v) is 10.8. The third kappa shape index (κ3) is 2.03. The number of ether oxygens (including phenoxy) is 2. The minimum atomic E-state index is -1.67. The van der Waals surface area contributed by atoms with Crippen LogP contribution in [0.3, 0.4) is 0 Å². The Labute approximate surface area is 114 Å². The first-order valence-corrected chi connectivity index (χ1v) is 6.51. The summed E-state index contributed by atoms with van der Waals surface area (Å²) in [7, 11) is 0. The average Bonchev–Trinajstić information content (AvgIpc) is 2.94. The lowest BCUT2D eigenvalue weighted by Gasteiger charge is -2.21. The summed E-state index contributed by atoms with van der Waals surface area (Å²) in [6.07, 6.45) is 2.01. The molecule has 2 aliphatic rings. The first-order valence-electron chi connectivity index (χ1n) is 6.13. The van der Waals surface area contributed by atoms with Crippen molar-refractivity contribution >= 4 is 17.6 Å². The van der Waals surface area contributed by atoms with Gasteiger partial charge in [0.05, 0.1) is 5.02 Å². The van der Waals surface area contributed by atoms with Gasteiger partial charge in [-0.3, -0.25) is 0 Å². The van der Waals surface area contributed by atoms with Crippen LogP contribution >= 0.6 is 11.6 Å². The second-order valence-electron chi connectivity index (χ2n) is 4.88. The molecule has 0 radical (unpaired) electrons. The van der Waals surface area contributed by atoms with E-state index >= 15 is 0 Å². The van der Waals surface area contributed by atoms with Gasteiger partial charge in [-0.15, -0.1) is 0 Å². The van der Waals surface area contributed by atoms with Crippen molar-refractivity contribution in [2.45, 2.75) is 37.6 Å². The van der Waals surface area contributed by atoms with Crippen LogP contribution in [0.4, 0.5) is 0 Å². The molecule has 1 aromatic rings. The van der Waals surface area contributed by atoms with Gasteiger partial charge in [0.25, 0.3) is 5.79 Å². The van der Waals surface area contributed by atoms with Crippen LogP contribution in [0.2, 0.25) is 5.02 Å². The van der Waals surface area contributed by atoms with Crippen LogP contribution in [0.1, 0.15) is 37.4 Å². The number of rotatable bonds is 2. The maximum absolute atomic E-state index is 10.8. The summed E-state index contributed by atoms with van der Waals surface area (Å²) in [5.41, 5.74) is 0.117. The number of carboxylic acid groups (broad SMARTS) is 1. The fraction of sp³-hybridized carbons (Fsp3) is 0.462. The fourth-order valence-electron chi connectivity index (χ4n) is 2.59. The van der Waals surface area contributed by atoms with Gasteiger partial charge >= 0.3 is 5.97 Å². The van der Waals surface area contributed by atoms with Gasteiger partial charge < -0.3 is 19.7 Å². The molecule has 0 aromatic heterocycles. The summed E-state index contributed by atoms with van der Waals surface area (Å²) >= 11 is 5.98. The van der Waals surface area contributed by atoms with Crippen molar-refractivity contribution in [3.05, 3.63) is 22.7 Å². The van der Waals surface area contributed by atoms with E-state index in [9.17, 15) is 9.90 Å². The van der Waals surface area contributed by atoms with E-state index in [0.717, 1.165) is 25.7 Å². The predicted octanol–water partition coefficient (Wildman–Crippen LogP) is 2.50. The number of carbonyl (C=O) groups is 1. The second kappa shape index (κ2) is 4.28. The Bertz CT molecular complexity index is 536. The molecule has 5 nitrogen and oxygen atoms in total. The summed E-state index contributed by atoms with van der Waals surface area (Å²) in [6, 6.07) is 2.95. The van der Waals surface area contributed by atoms with Crippen LogP contribution in [0.5, 0.6) is 11.5 Å². The zero-order chi connectivity index (χ0) is 13.6. The second-order valence-corrected chi connectivity index (χ2v) is 5.29. The number of benzene rings is 1. The van der Waals surface area contributed by atoms with Crippen LogP contribution in [0.25, 0.3) is 0 Å². The summed E-state index contributed by atoms with van der Waals surface area (Å²) in [5, 5.41) is 18.6. The highest BCUT2D eigenvalue weighted by atomic mass is 35.5. The molecule has 1 aromatic carbocycles. The van der Waals surface area contributed by atoms with Gasteiger partial charge in [-0.1, -0.05) is 11.6 Å². The fourth-order valence-corrected chi connectivity index (χ4v) is 2.85. The SMILES string of the molecule is O=C(O)C(O)c1cc2c(cc1Cl)OC1(CCCC1)O2. The standard InChI is InChI=1S/C13H13ClO5/c14-8-6-10-9(5-7(8)11(15)12(16)17)18-13(19-10)3-1-2-4-13/h5-6,11,15H,1-4H2,(H,16,17). The summed E-state index contributed by atoms with van der Waals surface area (Å²) in [4.78, 5) is 10.8. The molecule has 0 amide bonds. The van der Waals surface area contributed by atoms with Gasteiger partial charge in [0.2, 0.25) is 0 Å². The first-order chi connectivity index (χ1) is 9.01. The molecule has 1 unspecified atom stereocenters. The number of halogens is 1. The molecule has 1 fully saturated rings. The van der Waals surface area contributed by atoms with Crippen LogP contribution in [0.15, 0.2) is 12.1 Å². The maximum atomic E-state index is 10.8. The van der Waals surface area contributed by atoms with Crippen molar-refractivity contribution in [3.63, 3.8) is 0 Å². The topological polar surface area (TPSA) is 76.0 Å². The maximum Gasteiger partial charge on any atom is 0.337 e. The minimum Gasteiger partial charge on any atom is -0.479 e. The highest BCUT2D eigenvalue weighted by Gasteiger charge is 2.44. The minimum absolute atomic E-state index is 0.117. The third-order valence-electron chi connectivity index (χ3n) is 3.55. The number of carboxylic acids is 1. The van der Waals surface area contributed by atoms with Gasteiger partial charge in [-0.05, 0) is 18.9 Å². The number of hydrogen-bond acceptors (Lipinski definition) is 4. The molecule has 1 aliphatic carbocycles. The van der Waals surface area contributed by atoms with Crippen LogP contribution in [0, 0.1) is 0 Å². The normalized spacial score (nSPS) is 20.7. The number of aliphatic hydroxyl groups excluding tert-OH is 1. The van der Waals surface area contributed by atoms with Crippen LogP contribution in [-0.2, 0) is 4.79 Å². The van der Waals surface area contributed by atoms with E-state index in [2.05, 4.69) is 0 Å². The number of aliphatic carboxylic acids is 1. The van der Waals surface area contributed by atoms with E-state index in [1.807, 2.05) is 0 Å². The Balaban J connectivity index is 1.96. The Hall–Kier alpha value is -1.46. The molecular weight excluding hydrogens is 272 g/mol. The van der Waals surface area contributed by atoms with Crippen molar-refractivity contribution in [2.75, 3.05) is 0 Å². The van der Waals surface area contributed by atoms with E-state index in [-0.39, 0.29) is 10.6 Å². The predicted molar refractivity (Wildman–Crippen MR) is 66.5 cm³/mol. The van der Waals surface area contributed by atoms with Gasteiger partial charge in [-0.2, -0.15) is 0 Å². The molecule has 0 saturated heterocycles. The Morgan fingerprint density at radius 2 is 1.84 bits per heavy atom. The van der Waals surface area contributed by atoms with E-state index in [1.54, 1.807) is 0 Å². The summed E-state index contributed by atoms with van der Waals surface area (Å²) < 4.78 is 11.6. The molecule has 1 atom stereocenters. The number of fused-ring (bicyclic) bond motifs is 1. The van der Waals surface area contributed by atoms with E-state index in [1.165, 1.54) is 12.1 Å². The molecule has 3 rings (SSSR count). The van der Waals surface area contributed by atoms with Crippen LogP contribution in [-0.4, -0.2) is 22.0 Å². The lowest BCUT2D eigenvalue weighted by atomic mass is 10.1. The zero-order valence-electron chi connectivity index (χ0n) is 10.1. The molecule has 2 N–H and O–H groups in total. The Kier molecular flexibility index (Phi) is 2.83. The first kappa shape index (κ1) is 12.6. The quantitative estimate of drug-likeness (QED) is 0.872. The van der Waals surface area contributed by atoms with E-state index < -0.39 is 17.9 Å². The van der Waals surface area contributed by atoms with Gasteiger partial charge in [0.1, 0.15) is 0 Å². The number of hydrogen-bond donors (Lipinski definition) is 2. The largest absolute Gasteiger partial charge is 0.479 e. The lowest BCUT2D eigenvalue weighted by molar-refractivity contribution is -0.146. The summed E-state index contributed by atoms with van der Waals surface area (Å²) in [6.45, 7) is 0. The van der Waals surface area contributed by atoms with Crippen molar-refractivity contribution in [3.8, 4) is 11.5 Å². The van der Waals surface area contributed by atoms with Crippen molar-refractivity contribution in [2.24, 2.45) is 0 Å².